The molecule has 0 amide bonds. The monoisotopic (exact) mass is 284 g/mol. The SMILES string of the molecule is CS(=S)N1CCN(CC(O)c2ccccc2)CC1. The van der Waals surface area contributed by atoms with Crippen LogP contribution in [-0.4, -0.2) is 53.3 Å². The molecule has 100 valence electrons. The molecule has 1 aliphatic heterocycles. The highest BCUT2D eigenvalue weighted by Gasteiger charge is 2.20. The summed E-state index contributed by atoms with van der Waals surface area (Å²) in [6, 6.07) is 9.87. The Kier molecular flexibility index (Phi) is 5.26. The van der Waals surface area contributed by atoms with E-state index < -0.39 is 0 Å². The lowest BCUT2D eigenvalue weighted by molar-refractivity contribution is 0.0938. The van der Waals surface area contributed by atoms with Crippen molar-refractivity contribution >= 4 is 20.8 Å². The van der Waals surface area contributed by atoms with E-state index >= 15 is 0 Å². The largest absolute Gasteiger partial charge is 0.387 e. The van der Waals surface area contributed by atoms with Crippen LogP contribution in [0, 0.1) is 0 Å². The van der Waals surface area contributed by atoms with Crippen molar-refractivity contribution in [2.24, 2.45) is 0 Å². The van der Waals surface area contributed by atoms with Gasteiger partial charge in [-0.3, -0.25) is 4.90 Å². The summed E-state index contributed by atoms with van der Waals surface area (Å²) in [4.78, 5) is 2.32. The highest BCUT2D eigenvalue weighted by atomic mass is 32.8. The van der Waals surface area contributed by atoms with E-state index in [4.69, 9.17) is 11.2 Å². The van der Waals surface area contributed by atoms with Gasteiger partial charge in [-0.05, 0) is 16.8 Å². The Hall–Kier alpha value is -0.330. The molecular weight excluding hydrogens is 264 g/mol. The maximum atomic E-state index is 10.2. The van der Waals surface area contributed by atoms with E-state index in [-0.39, 0.29) is 15.7 Å². The number of β-amino-alcohol motifs (C(OH)–C–C–N with tert-alkyl or cyclic N) is 1. The molecule has 1 fully saturated rings. The van der Waals surface area contributed by atoms with Crippen LogP contribution in [0.5, 0.6) is 0 Å². The first-order valence-corrected chi connectivity index (χ1v) is 8.72. The van der Waals surface area contributed by atoms with E-state index in [1.807, 2.05) is 30.3 Å². The molecule has 0 aliphatic carbocycles. The lowest BCUT2D eigenvalue weighted by Gasteiger charge is -2.35. The Morgan fingerprint density at radius 2 is 1.83 bits per heavy atom. The van der Waals surface area contributed by atoms with Crippen molar-refractivity contribution in [1.82, 2.24) is 9.21 Å². The normalized spacial score (nSPS) is 21.7. The number of aliphatic hydroxyl groups excluding tert-OH is 1. The van der Waals surface area contributed by atoms with Crippen LogP contribution in [-0.2, 0) is 20.8 Å². The minimum absolute atomic E-state index is 0.0381. The van der Waals surface area contributed by atoms with Gasteiger partial charge in [0.1, 0.15) is 0 Å². The zero-order valence-electron chi connectivity index (χ0n) is 10.7. The summed E-state index contributed by atoms with van der Waals surface area (Å²) in [7, 11) is -0.0381. The fourth-order valence-electron chi connectivity index (χ4n) is 2.19. The van der Waals surface area contributed by atoms with Crippen molar-refractivity contribution in [3.8, 4) is 0 Å². The number of piperazine rings is 1. The Morgan fingerprint density at radius 1 is 1.22 bits per heavy atom. The van der Waals surface area contributed by atoms with Gasteiger partial charge in [0.2, 0.25) is 0 Å². The van der Waals surface area contributed by atoms with Crippen LogP contribution in [0.25, 0.3) is 0 Å². The van der Waals surface area contributed by atoms with Crippen LogP contribution in [0.4, 0.5) is 0 Å². The zero-order valence-corrected chi connectivity index (χ0v) is 12.3. The second kappa shape index (κ2) is 6.73. The van der Waals surface area contributed by atoms with E-state index in [1.54, 1.807) is 0 Å². The molecule has 2 rings (SSSR count). The van der Waals surface area contributed by atoms with E-state index in [1.165, 1.54) is 0 Å². The van der Waals surface area contributed by atoms with Crippen molar-refractivity contribution in [2.75, 3.05) is 39.0 Å². The van der Waals surface area contributed by atoms with Gasteiger partial charge < -0.3 is 5.11 Å². The highest BCUT2D eigenvalue weighted by Crippen LogP contribution is 2.15. The van der Waals surface area contributed by atoms with Crippen molar-refractivity contribution in [3.63, 3.8) is 0 Å². The van der Waals surface area contributed by atoms with Crippen LogP contribution in [0.15, 0.2) is 30.3 Å². The Bertz CT molecular complexity index is 391. The molecule has 1 heterocycles. The van der Waals surface area contributed by atoms with Crippen LogP contribution in [0.2, 0.25) is 0 Å². The summed E-state index contributed by atoms with van der Waals surface area (Å²) in [6.07, 6.45) is 1.70. The molecule has 1 aliphatic rings. The molecule has 0 aromatic heterocycles. The molecule has 0 saturated carbocycles. The fraction of sp³-hybridized carbons (Fsp3) is 0.538. The average Bonchev–Trinajstić information content (AvgIpc) is 2.40. The lowest BCUT2D eigenvalue weighted by Crippen LogP contribution is -2.47. The zero-order chi connectivity index (χ0) is 13.0. The maximum absolute atomic E-state index is 10.2. The summed E-state index contributed by atoms with van der Waals surface area (Å²) < 4.78 is 2.33. The van der Waals surface area contributed by atoms with Gasteiger partial charge in [-0.2, -0.15) is 0 Å². The quantitative estimate of drug-likeness (QED) is 0.891. The van der Waals surface area contributed by atoms with Crippen molar-refractivity contribution in [2.45, 2.75) is 6.10 Å². The molecule has 1 aromatic rings. The standard InChI is InChI=1S/C13H20N2OS2/c1-18(17)15-9-7-14(8-10-15)11-13(16)12-5-3-2-4-6-12/h2-6,13,16H,7-11H2,1H3. The summed E-state index contributed by atoms with van der Waals surface area (Å²) in [5.74, 6) is 0. The summed E-state index contributed by atoms with van der Waals surface area (Å²) >= 11 is 5.29. The van der Waals surface area contributed by atoms with Gasteiger partial charge >= 0.3 is 0 Å². The first-order valence-electron chi connectivity index (χ1n) is 6.20. The summed E-state index contributed by atoms with van der Waals surface area (Å²) in [6.45, 7) is 4.75. The van der Waals surface area contributed by atoms with Gasteiger partial charge in [0.15, 0.2) is 0 Å². The first kappa shape index (κ1) is 14.1. The predicted molar refractivity (Wildman–Crippen MR) is 80.1 cm³/mol. The van der Waals surface area contributed by atoms with E-state index in [0.717, 1.165) is 31.7 Å². The van der Waals surface area contributed by atoms with Crippen LogP contribution in [0.1, 0.15) is 11.7 Å². The highest BCUT2D eigenvalue weighted by molar-refractivity contribution is 8.27. The lowest BCUT2D eigenvalue weighted by atomic mass is 10.1. The van der Waals surface area contributed by atoms with Gasteiger partial charge in [0.25, 0.3) is 0 Å². The molecule has 0 spiro atoms. The molecule has 2 atom stereocenters. The number of hydrogen-bond acceptors (Lipinski definition) is 3. The minimum Gasteiger partial charge on any atom is -0.387 e. The Morgan fingerprint density at radius 3 is 2.39 bits per heavy atom. The van der Waals surface area contributed by atoms with Gasteiger partial charge in [-0.25, -0.2) is 4.31 Å². The molecule has 2 unspecified atom stereocenters. The second-order valence-electron chi connectivity index (χ2n) is 4.58. The third kappa shape index (κ3) is 3.83. The summed E-state index contributed by atoms with van der Waals surface area (Å²) in [5, 5.41) is 10.2. The van der Waals surface area contributed by atoms with Crippen LogP contribution < -0.4 is 0 Å². The molecular formula is C13H20N2OS2. The smallest absolute Gasteiger partial charge is 0.0916 e. The average molecular weight is 284 g/mol. The Labute approximate surface area is 116 Å². The number of hydrogen-bond donors (Lipinski definition) is 1. The predicted octanol–water partition coefficient (Wildman–Crippen LogP) is 0.963. The van der Waals surface area contributed by atoms with Crippen molar-refractivity contribution in [1.29, 1.82) is 0 Å². The van der Waals surface area contributed by atoms with Crippen molar-refractivity contribution in [3.05, 3.63) is 35.9 Å². The van der Waals surface area contributed by atoms with E-state index in [9.17, 15) is 5.11 Å². The fourth-order valence-corrected chi connectivity index (χ4v) is 3.32. The molecule has 0 radical (unpaired) electrons. The third-order valence-corrected chi connectivity index (χ3v) is 5.04. The number of aliphatic hydroxyl groups is 1. The molecule has 18 heavy (non-hydrogen) atoms. The van der Waals surface area contributed by atoms with Gasteiger partial charge in [0, 0.05) is 39.0 Å². The molecule has 0 bridgehead atoms. The topological polar surface area (TPSA) is 26.7 Å². The van der Waals surface area contributed by atoms with Crippen LogP contribution >= 0.6 is 0 Å². The second-order valence-corrected chi connectivity index (χ2v) is 7.39. The van der Waals surface area contributed by atoms with E-state index in [0.29, 0.717) is 6.54 Å². The molecule has 1 N–H and O–H groups in total. The van der Waals surface area contributed by atoms with Gasteiger partial charge in [-0.15, -0.1) is 0 Å². The molecule has 1 aromatic carbocycles. The van der Waals surface area contributed by atoms with Gasteiger partial charge in [0.05, 0.1) is 6.10 Å². The minimum atomic E-state index is -0.388. The van der Waals surface area contributed by atoms with Gasteiger partial charge in [-0.1, -0.05) is 40.0 Å². The van der Waals surface area contributed by atoms with Crippen molar-refractivity contribution < 1.29 is 5.11 Å². The van der Waals surface area contributed by atoms with Crippen LogP contribution in [0.3, 0.4) is 0 Å². The number of nitrogens with zero attached hydrogens (tertiary/aromatic N) is 2. The third-order valence-electron chi connectivity index (χ3n) is 3.31. The van der Waals surface area contributed by atoms with E-state index in [2.05, 4.69) is 15.5 Å². The molecule has 5 heteroatoms. The number of rotatable bonds is 4. The maximum Gasteiger partial charge on any atom is 0.0916 e. The molecule has 1 saturated heterocycles. The summed E-state index contributed by atoms with van der Waals surface area (Å²) in [5.41, 5.74) is 0.999. The Balaban J connectivity index is 1.83. The number of benzene rings is 1. The first-order chi connectivity index (χ1) is 8.66. The molecule has 3 nitrogen and oxygen atoms in total.